The third-order valence-corrected chi connectivity index (χ3v) is 2.82. The van der Waals surface area contributed by atoms with E-state index in [9.17, 15) is 0 Å². The van der Waals surface area contributed by atoms with Crippen LogP contribution in [0.15, 0.2) is 71.4 Å². The summed E-state index contributed by atoms with van der Waals surface area (Å²) in [6.07, 6.45) is 23.1. The van der Waals surface area contributed by atoms with Crippen molar-refractivity contribution in [3.8, 4) is 0 Å². The Labute approximate surface area is 125 Å². The molecule has 0 heterocycles. The van der Waals surface area contributed by atoms with E-state index in [0.29, 0.717) is 0 Å². The Kier molecular flexibility index (Phi) is 7.72. The molecule has 0 aromatic carbocycles. The van der Waals surface area contributed by atoms with Gasteiger partial charge in [0.1, 0.15) is 0 Å². The van der Waals surface area contributed by atoms with Crippen molar-refractivity contribution >= 4 is 0 Å². The molecule has 0 aliphatic heterocycles. The van der Waals surface area contributed by atoms with E-state index in [1.807, 2.05) is 0 Å². The molecule has 0 atom stereocenters. The standard InChI is InChI=1S/C16H18.C4H10/c1-14-7-6-10-16(12-11-14)13-15-8-4-2-3-5-9-15;1-4(2)3/h2,4-9,11-12H,3,10,13H2,1H3;4H,1-3H3. The molecule has 2 rings (SSSR count). The van der Waals surface area contributed by atoms with Crippen LogP contribution in [-0.4, -0.2) is 0 Å². The summed E-state index contributed by atoms with van der Waals surface area (Å²) in [5.41, 5.74) is 4.22. The van der Waals surface area contributed by atoms with Crippen LogP contribution in [0, 0.1) is 5.92 Å². The molecule has 108 valence electrons. The molecule has 0 bridgehead atoms. The predicted molar refractivity (Wildman–Crippen MR) is 91.7 cm³/mol. The molecule has 0 amide bonds. The molecule has 0 heteroatoms. The van der Waals surface area contributed by atoms with Gasteiger partial charge >= 0.3 is 0 Å². The zero-order valence-corrected chi connectivity index (χ0v) is 13.4. The van der Waals surface area contributed by atoms with E-state index in [2.05, 4.69) is 82.4 Å². The van der Waals surface area contributed by atoms with Gasteiger partial charge in [-0.1, -0.05) is 86.6 Å². The largest absolute Gasteiger partial charge is 0.0807 e. The highest BCUT2D eigenvalue weighted by Gasteiger charge is 2.01. The van der Waals surface area contributed by atoms with Gasteiger partial charge < -0.3 is 0 Å². The summed E-state index contributed by atoms with van der Waals surface area (Å²) in [7, 11) is 0. The highest BCUT2D eigenvalue weighted by molar-refractivity contribution is 5.36. The molecule has 0 nitrogen and oxygen atoms in total. The van der Waals surface area contributed by atoms with E-state index in [-0.39, 0.29) is 0 Å². The zero-order chi connectivity index (χ0) is 14.8. The normalized spacial score (nSPS) is 17.6. The average Bonchev–Trinajstić information content (AvgIpc) is 2.73. The lowest BCUT2D eigenvalue weighted by Crippen LogP contribution is -1.84. The maximum absolute atomic E-state index is 2.26. The highest BCUT2D eigenvalue weighted by atomic mass is 14.1. The first-order valence-electron chi connectivity index (χ1n) is 7.63. The third-order valence-electron chi connectivity index (χ3n) is 2.82. The van der Waals surface area contributed by atoms with Crippen molar-refractivity contribution in [2.75, 3.05) is 0 Å². The van der Waals surface area contributed by atoms with E-state index in [1.54, 1.807) is 0 Å². The molecule has 0 saturated heterocycles. The van der Waals surface area contributed by atoms with Crippen molar-refractivity contribution in [3.63, 3.8) is 0 Å². The van der Waals surface area contributed by atoms with Gasteiger partial charge in [-0.15, -0.1) is 0 Å². The number of hydrogen-bond acceptors (Lipinski definition) is 0. The summed E-state index contributed by atoms with van der Waals surface area (Å²) >= 11 is 0. The number of rotatable bonds is 2. The summed E-state index contributed by atoms with van der Waals surface area (Å²) in [6.45, 7) is 8.64. The Morgan fingerprint density at radius 2 is 1.70 bits per heavy atom. The minimum atomic E-state index is 0.833. The maximum atomic E-state index is 2.26. The third kappa shape index (κ3) is 7.78. The predicted octanol–water partition coefficient (Wildman–Crippen LogP) is 6.31. The van der Waals surface area contributed by atoms with Crippen molar-refractivity contribution < 1.29 is 0 Å². The van der Waals surface area contributed by atoms with Crippen LogP contribution in [0.5, 0.6) is 0 Å². The highest BCUT2D eigenvalue weighted by Crippen LogP contribution is 2.20. The van der Waals surface area contributed by atoms with E-state index < -0.39 is 0 Å². The smallest absolute Gasteiger partial charge is 0.00610 e. The molecule has 0 N–H and O–H groups in total. The first-order chi connectivity index (χ1) is 9.58. The van der Waals surface area contributed by atoms with Gasteiger partial charge in [0.25, 0.3) is 0 Å². The Hall–Kier alpha value is -1.56. The minimum absolute atomic E-state index is 0.833. The number of allylic oxidation sites excluding steroid dienone is 12. The summed E-state index contributed by atoms with van der Waals surface area (Å²) in [5, 5.41) is 0. The van der Waals surface area contributed by atoms with Gasteiger partial charge in [0, 0.05) is 0 Å². The van der Waals surface area contributed by atoms with Crippen LogP contribution in [0.1, 0.15) is 47.0 Å². The van der Waals surface area contributed by atoms with Gasteiger partial charge in [0.15, 0.2) is 0 Å². The Morgan fingerprint density at radius 1 is 0.950 bits per heavy atom. The van der Waals surface area contributed by atoms with Crippen LogP contribution in [0.3, 0.4) is 0 Å². The van der Waals surface area contributed by atoms with Crippen LogP contribution < -0.4 is 0 Å². The molecule has 0 spiro atoms. The molecule has 0 radical (unpaired) electrons. The lowest BCUT2D eigenvalue weighted by molar-refractivity contribution is 0.737. The van der Waals surface area contributed by atoms with Crippen LogP contribution in [0.2, 0.25) is 0 Å². The zero-order valence-electron chi connectivity index (χ0n) is 13.4. The molecular formula is C20H28. The molecule has 2 aliphatic carbocycles. The summed E-state index contributed by atoms with van der Waals surface area (Å²) < 4.78 is 0. The van der Waals surface area contributed by atoms with Gasteiger partial charge in [-0.2, -0.15) is 0 Å². The molecule has 20 heavy (non-hydrogen) atoms. The molecule has 0 fully saturated rings. The van der Waals surface area contributed by atoms with E-state index in [4.69, 9.17) is 0 Å². The molecule has 0 saturated carbocycles. The molecule has 0 aromatic heterocycles. The van der Waals surface area contributed by atoms with Gasteiger partial charge in [-0.25, -0.2) is 0 Å². The van der Waals surface area contributed by atoms with Crippen molar-refractivity contribution in [2.24, 2.45) is 5.92 Å². The van der Waals surface area contributed by atoms with Gasteiger partial charge in [0.05, 0.1) is 0 Å². The second-order valence-corrected chi connectivity index (χ2v) is 6.06. The fourth-order valence-corrected chi connectivity index (χ4v) is 1.90. The fraction of sp³-hybridized carbons (Fsp3) is 0.400. The van der Waals surface area contributed by atoms with Gasteiger partial charge in [0.2, 0.25) is 0 Å². The Balaban J connectivity index is 0.000000444. The first-order valence-corrected chi connectivity index (χ1v) is 7.63. The summed E-state index contributed by atoms with van der Waals surface area (Å²) in [6, 6.07) is 0. The summed E-state index contributed by atoms with van der Waals surface area (Å²) in [4.78, 5) is 0. The Bertz CT molecular complexity index is 460. The number of hydrogen-bond donors (Lipinski definition) is 0. The monoisotopic (exact) mass is 268 g/mol. The van der Waals surface area contributed by atoms with Crippen molar-refractivity contribution in [3.05, 3.63) is 71.4 Å². The minimum Gasteiger partial charge on any atom is -0.0807 e. The van der Waals surface area contributed by atoms with Crippen LogP contribution in [-0.2, 0) is 0 Å². The molecule has 2 aliphatic rings. The fourth-order valence-electron chi connectivity index (χ4n) is 1.90. The topological polar surface area (TPSA) is 0 Å². The lowest BCUT2D eigenvalue weighted by atomic mass is 10.0. The van der Waals surface area contributed by atoms with E-state index in [1.165, 1.54) is 16.7 Å². The first kappa shape index (κ1) is 16.5. The second kappa shape index (κ2) is 9.36. The SMILES string of the molecule is CC(C)C.CC1=CC=C(CC2=CC=CCC=C2)CC=C1. The van der Waals surface area contributed by atoms with Crippen molar-refractivity contribution in [1.82, 2.24) is 0 Å². The van der Waals surface area contributed by atoms with Crippen molar-refractivity contribution in [1.29, 1.82) is 0 Å². The summed E-state index contributed by atoms with van der Waals surface area (Å²) in [5.74, 6) is 0.833. The van der Waals surface area contributed by atoms with Crippen molar-refractivity contribution in [2.45, 2.75) is 47.0 Å². The van der Waals surface area contributed by atoms with E-state index >= 15 is 0 Å². The quantitative estimate of drug-likeness (QED) is 0.550. The maximum Gasteiger partial charge on any atom is -0.00610 e. The van der Waals surface area contributed by atoms with Crippen LogP contribution >= 0.6 is 0 Å². The average molecular weight is 268 g/mol. The molecular weight excluding hydrogens is 240 g/mol. The van der Waals surface area contributed by atoms with Gasteiger partial charge in [-0.05, 0) is 37.7 Å². The van der Waals surface area contributed by atoms with E-state index in [0.717, 1.165) is 25.2 Å². The van der Waals surface area contributed by atoms with Crippen LogP contribution in [0.4, 0.5) is 0 Å². The van der Waals surface area contributed by atoms with Gasteiger partial charge in [-0.3, -0.25) is 0 Å². The molecule has 0 aromatic rings. The Morgan fingerprint density at radius 3 is 2.45 bits per heavy atom. The molecule has 0 unspecified atom stereocenters. The lowest BCUT2D eigenvalue weighted by Gasteiger charge is -2.04. The second-order valence-electron chi connectivity index (χ2n) is 6.06. The van der Waals surface area contributed by atoms with Crippen LogP contribution in [0.25, 0.3) is 0 Å².